The molecular weight excluding hydrogens is 257 g/mol. The molecule has 1 atom stereocenters. The summed E-state index contributed by atoms with van der Waals surface area (Å²) in [6.07, 6.45) is 1.39. The molecule has 1 aromatic heterocycles. The van der Waals surface area contributed by atoms with E-state index in [1.54, 1.807) is 12.1 Å². The third-order valence-corrected chi connectivity index (χ3v) is 2.86. The predicted molar refractivity (Wildman–Crippen MR) is 75.4 cm³/mol. The largest absolute Gasteiger partial charge is 0.339 e. The highest BCUT2D eigenvalue weighted by atomic mass is 19.1. The van der Waals surface area contributed by atoms with Crippen LogP contribution in [0, 0.1) is 11.2 Å². The van der Waals surface area contributed by atoms with Crippen LogP contribution in [0.2, 0.25) is 0 Å². The number of benzene rings is 1. The lowest BCUT2D eigenvalue weighted by molar-refractivity contribution is 0.313. The Bertz CT molecular complexity index is 574. The lowest BCUT2D eigenvalue weighted by Gasteiger charge is -2.21. The highest BCUT2D eigenvalue weighted by Gasteiger charge is 2.18. The van der Waals surface area contributed by atoms with Crippen molar-refractivity contribution in [2.45, 2.75) is 39.7 Å². The lowest BCUT2D eigenvalue weighted by Crippen LogP contribution is -2.28. The standard InChI is InChI=1S/C15H20FN3O/c1-15(2,3)9-12(17)8-13-18-14(19-20-13)10-5-4-6-11(16)7-10/h4-7,12H,8-9,17H2,1-3H3. The van der Waals surface area contributed by atoms with E-state index < -0.39 is 0 Å². The first kappa shape index (κ1) is 14.7. The van der Waals surface area contributed by atoms with Crippen LogP contribution >= 0.6 is 0 Å². The minimum Gasteiger partial charge on any atom is -0.339 e. The molecule has 0 saturated carbocycles. The van der Waals surface area contributed by atoms with E-state index in [4.69, 9.17) is 10.3 Å². The second kappa shape index (κ2) is 5.71. The average molecular weight is 277 g/mol. The van der Waals surface area contributed by atoms with Gasteiger partial charge in [-0.1, -0.05) is 38.1 Å². The zero-order valence-corrected chi connectivity index (χ0v) is 12.1. The summed E-state index contributed by atoms with van der Waals surface area (Å²) >= 11 is 0. The average Bonchev–Trinajstić information content (AvgIpc) is 2.74. The third kappa shape index (κ3) is 4.13. The van der Waals surface area contributed by atoms with Crippen molar-refractivity contribution in [1.29, 1.82) is 0 Å². The molecule has 1 heterocycles. The highest BCUT2D eigenvalue weighted by molar-refractivity contribution is 5.53. The highest BCUT2D eigenvalue weighted by Crippen LogP contribution is 2.22. The number of aromatic nitrogens is 2. The Balaban J connectivity index is 2.06. The number of nitrogens with two attached hydrogens (primary N) is 1. The molecule has 2 aromatic rings. The number of hydrogen-bond acceptors (Lipinski definition) is 4. The Labute approximate surface area is 118 Å². The van der Waals surface area contributed by atoms with Gasteiger partial charge in [0.1, 0.15) is 5.82 Å². The Morgan fingerprint density at radius 3 is 2.75 bits per heavy atom. The normalized spacial score (nSPS) is 13.4. The van der Waals surface area contributed by atoms with Crippen molar-refractivity contribution in [3.8, 4) is 11.4 Å². The van der Waals surface area contributed by atoms with E-state index in [0.717, 1.165) is 6.42 Å². The van der Waals surface area contributed by atoms with Crippen molar-refractivity contribution in [1.82, 2.24) is 10.1 Å². The summed E-state index contributed by atoms with van der Waals surface area (Å²) in [5, 5.41) is 3.87. The van der Waals surface area contributed by atoms with Crippen molar-refractivity contribution < 1.29 is 8.91 Å². The zero-order valence-electron chi connectivity index (χ0n) is 12.1. The van der Waals surface area contributed by atoms with Crippen molar-refractivity contribution >= 4 is 0 Å². The molecule has 2 N–H and O–H groups in total. The monoisotopic (exact) mass is 277 g/mol. The lowest BCUT2D eigenvalue weighted by atomic mass is 9.87. The van der Waals surface area contributed by atoms with Crippen LogP contribution in [0.5, 0.6) is 0 Å². The van der Waals surface area contributed by atoms with Gasteiger partial charge < -0.3 is 10.3 Å². The van der Waals surface area contributed by atoms with Gasteiger partial charge in [-0.3, -0.25) is 0 Å². The molecule has 2 rings (SSSR count). The maximum Gasteiger partial charge on any atom is 0.228 e. The fourth-order valence-corrected chi connectivity index (χ4v) is 2.17. The van der Waals surface area contributed by atoms with Gasteiger partial charge in [-0.2, -0.15) is 4.98 Å². The molecule has 0 fully saturated rings. The number of rotatable bonds is 4. The second-order valence-corrected chi connectivity index (χ2v) is 6.25. The van der Waals surface area contributed by atoms with Gasteiger partial charge in [0.2, 0.25) is 11.7 Å². The molecule has 0 bridgehead atoms. The quantitative estimate of drug-likeness (QED) is 0.932. The molecule has 1 unspecified atom stereocenters. The molecule has 5 heteroatoms. The van der Waals surface area contributed by atoms with Gasteiger partial charge in [0.05, 0.1) is 0 Å². The van der Waals surface area contributed by atoms with Gasteiger partial charge in [-0.05, 0) is 24.0 Å². The van der Waals surface area contributed by atoms with Crippen LogP contribution in [0.4, 0.5) is 4.39 Å². The third-order valence-electron chi connectivity index (χ3n) is 2.86. The maximum absolute atomic E-state index is 13.1. The first-order valence-electron chi connectivity index (χ1n) is 6.67. The summed E-state index contributed by atoms with van der Waals surface area (Å²) in [7, 11) is 0. The summed E-state index contributed by atoms with van der Waals surface area (Å²) in [5.41, 5.74) is 6.83. The van der Waals surface area contributed by atoms with Crippen molar-refractivity contribution in [2.24, 2.45) is 11.1 Å². The van der Waals surface area contributed by atoms with Crippen LogP contribution in [-0.4, -0.2) is 16.2 Å². The topological polar surface area (TPSA) is 64.9 Å². The predicted octanol–water partition coefficient (Wildman–Crippen LogP) is 3.18. The van der Waals surface area contributed by atoms with E-state index in [1.807, 2.05) is 0 Å². The molecule has 0 aliphatic rings. The van der Waals surface area contributed by atoms with Crippen LogP contribution in [0.1, 0.15) is 33.1 Å². The number of halogens is 1. The molecule has 0 aliphatic heterocycles. The van der Waals surface area contributed by atoms with Crippen LogP contribution in [0.3, 0.4) is 0 Å². The van der Waals surface area contributed by atoms with Crippen molar-refractivity contribution in [3.63, 3.8) is 0 Å². The molecule has 0 aliphatic carbocycles. The van der Waals surface area contributed by atoms with E-state index in [9.17, 15) is 4.39 Å². The Morgan fingerprint density at radius 1 is 1.35 bits per heavy atom. The zero-order chi connectivity index (χ0) is 14.8. The first-order valence-corrected chi connectivity index (χ1v) is 6.67. The molecule has 20 heavy (non-hydrogen) atoms. The van der Waals surface area contributed by atoms with Crippen molar-refractivity contribution in [3.05, 3.63) is 36.0 Å². The van der Waals surface area contributed by atoms with E-state index >= 15 is 0 Å². The molecule has 0 radical (unpaired) electrons. The SMILES string of the molecule is CC(C)(C)CC(N)Cc1nc(-c2cccc(F)c2)no1. The molecule has 1 aromatic carbocycles. The van der Waals surface area contributed by atoms with Gasteiger partial charge in [0, 0.05) is 18.0 Å². The van der Waals surface area contributed by atoms with Gasteiger partial charge >= 0.3 is 0 Å². The Kier molecular flexibility index (Phi) is 4.18. The van der Waals surface area contributed by atoms with E-state index in [2.05, 4.69) is 30.9 Å². The number of nitrogens with zero attached hydrogens (tertiary/aromatic N) is 2. The van der Waals surface area contributed by atoms with E-state index in [-0.39, 0.29) is 17.3 Å². The summed E-state index contributed by atoms with van der Waals surface area (Å²) in [4.78, 5) is 4.27. The van der Waals surface area contributed by atoms with Crippen LogP contribution in [0.25, 0.3) is 11.4 Å². The summed E-state index contributed by atoms with van der Waals surface area (Å²) in [6, 6.07) is 6.09. The second-order valence-electron chi connectivity index (χ2n) is 6.25. The summed E-state index contributed by atoms with van der Waals surface area (Å²) in [5.74, 6) is 0.557. The molecule has 0 saturated heterocycles. The van der Waals surface area contributed by atoms with Crippen LogP contribution in [0.15, 0.2) is 28.8 Å². The molecular formula is C15H20FN3O. The van der Waals surface area contributed by atoms with E-state index in [0.29, 0.717) is 23.7 Å². The van der Waals surface area contributed by atoms with Gasteiger partial charge in [-0.15, -0.1) is 0 Å². The molecule has 0 spiro atoms. The van der Waals surface area contributed by atoms with Crippen LogP contribution < -0.4 is 5.73 Å². The maximum atomic E-state index is 13.1. The van der Waals surface area contributed by atoms with Crippen LogP contribution in [-0.2, 0) is 6.42 Å². The molecule has 4 nitrogen and oxygen atoms in total. The van der Waals surface area contributed by atoms with Gasteiger partial charge in [0.15, 0.2) is 0 Å². The fraction of sp³-hybridized carbons (Fsp3) is 0.467. The Hall–Kier alpha value is -1.75. The fourth-order valence-electron chi connectivity index (χ4n) is 2.17. The minimum absolute atomic E-state index is 0.0317. The minimum atomic E-state index is -0.321. The molecule has 0 amide bonds. The summed E-state index contributed by atoms with van der Waals surface area (Å²) < 4.78 is 18.3. The Morgan fingerprint density at radius 2 is 2.10 bits per heavy atom. The number of hydrogen-bond donors (Lipinski definition) is 1. The van der Waals surface area contributed by atoms with Gasteiger partial charge in [-0.25, -0.2) is 4.39 Å². The van der Waals surface area contributed by atoms with Crippen molar-refractivity contribution in [2.75, 3.05) is 0 Å². The van der Waals surface area contributed by atoms with E-state index in [1.165, 1.54) is 12.1 Å². The smallest absolute Gasteiger partial charge is 0.228 e. The molecule has 108 valence electrons. The first-order chi connectivity index (χ1) is 9.33. The summed E-state index contributed by atoms with van der Waals surface area (Å²) in [6.45, 7) is 6.41. The van der Waals surface area contributed by atoms with Gasteiger partial charge in [0.25, 0.3) is 0 Å².